The van der Waals surface area contributed by atoms with E-state index in [0.717, 1.165) is 17.8 Å². The quantitative estimate of drug-likeness (QED) is 0.510. The average molecular weight is 537 g/mol. The van der Waals surface area contributed by atoms with Gasteiger partial charge in [-0.3, -0.25) is 14.5 Å². The maximum absolute atomic E-state index is 13.4. The van der Waals surface area contributed by atoms with Crippen LogP contribution in [-0.2, 0) is 23.7 Å². The Bertz CT molecular complexity index is 1040. The number of amidine groups is 1. The summed E-state index contributed by atoms with van der Waals surface area (Å²) in [5.74, 6) is -0.0561. The number of nitrogens with one attached hydrogen (secondary N) is 1. The molecule has 1 fully saturated rings. The number of thioether (sulfide) groups is 1. The Kier molecular flexibility index (Phi) is 8.88. The summed E-state index contributed by atoms with van der Waals surface area (Å²) in [4.78, 5) is 31.9. The van der Waals surface area contributed by atoms with Crippen molar-refractivity contribution < 1.29 is 35.9 Å². The number of carbonyl (C=O) groups is 2. The molecule has 2 aliphatic rings. The van der Waals surface area contributed by atoms with Crippen LogP contribution in [0.25, 0.3) is 0 Å². The van der Waals surface area contributed by atoms with Gasteiger partial charge < -0.3 is 10.2 Å². The van der Waals surface area contributed by atoms with Crippen LogP contribution < -0.4 is 5.32 Å². The predicted octanol–water partition coefficient (Wildman–Crippen LogP) is 5.15. The van der Waals surface area contributed by atoms with Crippen LogP contribution in [0.2, 0.25) is 0 Å². The van der Waals surface area contributed by atoms with Gasteiger partial charge in [0.15, 0.2) is 5.84 Å². The molecule has 2 amide bonds. The van der Waals surface area contributed by atoms with Crippen LogP contribution in [0.15, 0.2) is 34.2 Å². The highest BCUT2D eigenvalue weighted by Gasteiger charge is 2.38. The molecule has 0 aliphatic carbocycles. The predicted molar refractivity (Wildman–Crippen MR) is 124 cm³/mol. The summed E-state index contributed by atoms with van der Waals surface area (Å²) in [5.41, 5.74) is -2.83. The third-order valence-corrected chi connectivity index (χ3v) is 6.65. The Morgan fingerprint density at radius 1 is 1.17 bits per heavy atom. The van der Waals surface area contributed by atoms with Gasteiger partial charge in [-0.1, -0.05) is 12.1 Å². The first-order chi connectivity index (χ1) is 16.7. The minimum atomic E-state index is -4.90. The number of allylic oxidation sites excluding steroid dienone is 1. The molecule has 0 bridgehead atoms. The van der Waals surface area contributed by atoms with Gasteiger partial charge in [-0.05, 0) is 75.4 Å². The molecule has 1 aromatic carbocycles. The molecule has 0 unspecified atom stereocenters. The van der Waals surface area contributed by atoms with Crippen LogP contribution in [0.1, 0.15) is 36.0 Å². The van der Waals surface area contributed by atoms with Gasteiger partial charge in [-0.25, -0.2) is 0 Å². The number of nitrogens with zero attached hydrogens (tertiary/aromatic N) is 3. The van der Waals surface area contributed by atoms with Crippen LogP contribution in [0.4, 0.5) is 31.1 Å². The van der Waals surface area contributed by atoms with E-state index in [-0.39, 0.29) is 42.3 Å². The fourth-order valence-corrected chi connectivity index (χ4v) is 4.70. The van der Waals surface area contributed by atoms with E-state index in [1.54, 1.807) is 4.90 Å². The summed E-state index contributed by atoms with van der Waals surface area (Å²) in [6, 6.07) is 1.72. The molecule has 1 saturated heterocycles. The molecule has 2 heterocycles. The number of amides is 2. The van der Waals surface area contributed by atoms with Crippen molar-refractivity contribution in [2.24, 2.45) is 10.9 Å². The van der Waals surface area contributed by atoms with E-state index in [0.29, 0.717) is 43.4 Å². The number of benzene rings is 1. The van der Waals surface area contributed by atoms with Crippen LogP contribution >= 0.6 is 11.8 Å². The number of carbonyl (C=O) groups excluding carboxylic acids is 2. The summed E-state index contributed by atoms with van der Waals surface area (Å²) < 4.78 is 79.0. The van der Waals surface area contributed by atoms with Crippen molar-refractivity contribution in [1.82, 2.24) is 15.1 Å². The summed E-state index contributed by atoms with van der Waals surface area (Å²) in [6.45, 7) is 1.25. The first-order valence-corrected chi connectivity index (χ1v) is 12.0. The fourth-order valence-electron chi connectivity index (χ4n) is 3.92. The van der Waals surface area contributed by atoms with Gasteiger partial charge >= 0.3 is 17.6 Å². The first kappa shape index (κ1) is 28.2. The Morgan fingerprint density at radius 2 is 1.83 bits per heavy atom. The molecule has 1 aromatic rings. The molecular weight excluding hydrogens is 510 g/mol. The number of alkyl halides is 6. The van der Waals surface area contributed by atoms with Crippen LogP contribution in [0, 0.1) is 5.92 Å². The normalized spacial score (nSPS) is 19.3. The highest BCUT2D eigenvalue weighted by molar-refractivity contribution is 8.18. The zero-order valence-electron chi connectivity index (χ0n) is 19.7. The maximum atomic E-state index is 13.4. The molecular formula is C23H26F6N4O2S. The van der Waals surface area contributed by atoms with Gasteiger partial charge in [0.1, 0.15) is 0 Å². The minimum Gasteiger partial charge on any atom is -0.310 e. The smallest absolute Gasteiger partial charge is 0.310 e. The van der Waals surface area contributed by atoms with E-state index in [4.69, 9.17) is 0 Å². The summed E-state index contributed by atoms with van der Waals surface area (Å²) in [5, 5.41) is 2.22. The highest BCUT2D eigenvalue weighted by atomic mass is 32.2. The lowest BCUT2D eigenvalue weighted by atomic mass is 9.95. The summed E-state index contributed by atoms with van der Waals surface area (Å²) in [6.07, 6.45) is -6.54. The van der Waals surface area contributed by atoms with Crippen molar-refractivity contribution in [3.63, 3.8) is 0 Å². The molecule has 36 heavy (non-hydrogen) atoms. The zero-order chi connectivity index (χ0) is 26.7. The molecule has 198 valence electrons. The number of piperidine rings is 1. The number of hydrogen-bond donors (Lipinski definition) is 1. The average Bonchev–Trinajstić information content (AvgIpc) is 3.10. The molecule has 0 spiro atoms. The second-order valence-electron chi connectivity index (χ2n) is 8.94. The molecule has 1 N–H and O–H groups in total. The molecule has 0 atom stereocenters. The third-order valence-electron chi connectivity index (χ3n) is 5.83. The highest BCUT2D eigenvalue weighted by Crippen LogP contribution is 2.38. The minimum absolute atomic E-state index is 0.00761. The molecule has 13 heteroatoms. The monoisotopic (exact) mass is 536 g/mol. The molecule has 6 nitrogen and oxygen atoms in total. The molecule has 3 rings (SSSR count). The number of halogens is 6. The van der Waals surface area contributed by atoms with E-state index >= 15 is 0 Å². The summed E-state index contributed by atoms with van der Waals surface area (Å²) >= 11 is 0.908. The summed E-state index contributed by atoms with van der Waals surface area (Å²) in [7, 11) is 3.66. The lowest BCUT2D eigenvalue weighted by Gasteiger charge is -2.31. The Balaban J connectivity index is 1.62. The van der Waals surface area contributed by atoms with Gasteiger partial charge in [0, 0.05) is 19.5 Å². The van der Waals surface area contributed by atoms with Crippen molar-refractivity contribution in [2.45, 2.75) is 38.2 Å². The van der Waals surface area contributed by atoms with Crippen molar-refractivity contribution in [3.8, 4) is 0 Å². The second kappa shape index (κ2) is 11.3. The van der Waals surface area contributed by atoms with Crippen molar-refractivity contribution in [1.29, 1.82) is 0 Å². The van der Waals surface area contributed by atoms with E-state index < -0.39 is 28.7 Å². The van der Waals surface area contributed by atoms with Gasteiger partial charge in [0.2, 0.25) is 5.91 Å². The molecule has 0 radical (unpaired) electrons. The van der Waals surface area contributed by atoms with Crippen molar-refractivity contribution in [3.05, 3.63) is 45.9 Å². The van der Waals surface area contributed by atoms with E-state index in [2.05, 4.69) is 10.3 Å². The topological polar surface area (TPSA) is 65.0 Å². The first-order valence-electron chi connectivity index (χ1n) is 11.2. The molecule has 0 aromatic heterocycles. The molecule has 0 saturated carbocycles. The van der Waals surface area contributed by atoms with Gasteiger partial charge in [-0.2, -0.15) is 31.3 Å². The maximum Gasteiger partial charge on any atom is 0.416 e. The van der Waals surface area contributed by atoms with E-state index in [9.17, 15) is 35.9 Å². The van der Waals surface area contributed by atoms with E-state index in [1.807, 2.05) is 25.1 Å². The number of rotatable bonds is 6. The standard InChI is InChI=1S/C23H26F6N4O2S/c1-32(2)8-7-19(34)30-20-18(36-21(35)31-20)11-14-5-9-33(10-6-14)13-15-3-4-16(22(24,25)26)12-17(15)23(27,28)29/h3-4,11-12,14H,5-10,13H2,1-2H3,(H,30,31,34,35)/b18-11-. The van der Waals surface area contributed by atoms with Crippen molar-refractivity contribution >= 4 is 28.7 Å². The Labute approximate surface area is 208 Å². The van der Waals surface area contributed by atoms with Crippen LogP contribution in [0.3, 0.4) is 0 Å². The second-order valence-corrected chi connectivity index (χ2v) is 9.93. The van der Waals surface area contributed by atoms with E-state index in [1.165, 1.54) is 0 Å². The number of hydrogen-bond acceptors (Lipinski definition) is 5. The van der Waals surface area contributed by atoms with Crippen molar-refractivity contribution in [2.75, 3.05) is 33.7 Å². The SMILES string of the molecule is CN(C)CCC(=O)NC1=NC(=O)S/C1=C\C1CCN(Cc2ccc(C(F)(F)F)cc2C(F)(F)F)CC1. The van der Waals surface area contributed by atoms with Gasteiger partial charge in [-0.15, -0.1) is 0 Å². The number of aliphatic imine (C=N–C) groups is 1. The lowest BCUT2D eigenvalue weighted by molar-refractivity contribution is -0.143. The Morgan fingerprint density at radius 3 is 2.42 bits per heavy atom. The largest absolute Gasteiger partial charge is 0.416 e. The lowest BCUT2D eigenvalue weighted by Crippen LogP contribution is -2.34. The molecule has 2 aliphatic heterocycles. The van der Waals surface area contributed by atoms with Gasteiger partial charge in [0.25, 0.3) is 0 Å². The van der Waals surface area contributed by atoms with Crippen LogP contribution in [-0.4, -0.2) is 60.5 Å². The van der Waals surface area contributed by atoms with Crippen LogP contribution in [0.5, 0.6) is 0 Å². The number of likely N-dealkylation sites (tertiary alicyclic amines) is 1. The van der Waals surface area contributed by atoms with Gasteiger partial charge in [0.05, 0.1) is 16.0 Å². The Hall–Kier alpha value is -2.38. The third kappa shape index (κ3) is 7.81. The zero-order valence-corrected chi connectivity index (χ0v) is 20.5. The fraction of sp³-hybridized carbons (Fsp3) is 0.522.